The van der Waals surface area contributed by atoms with Crippen molar-refractivity contribution in [2.75, 3.05) is 18.6 Å². The highest BCUT2D eigenvalue weighted by Crippen LogP contribution is 2.33. The second kappa shape index (κ2) is 9.17. The number of carbonyl (C=O) groups excluding carboxylic acids is 1. The van der Waals surface area contributed by atoms with Crippen LogP contribution in [0.4, 0.5) is 0 Å². The van der Waals surface area contributed by atoms with Crippen molar-refractivity contribution in [3.05, 3.63) is 76.0 Å². The molecule has 9 heteroatoms. The molecular weight excluding hydrogens is 473 g/mol. The Morgan fingerprint density at radius 3 is 2.53 bits per heavy atom. The number of amides is 1. The monoisotopic (exact) mass is 493 g/mol. The van der Waals surface area contributed by atoms with Crippen LogP contribution in [0.1, 0.15) is 22.5 Å². The molecule has 1 amide bonds. The maximum absolute atomic E-state index is 13.3. The van der Waals surface area contributed by atoms with Crippen molar-refractivity contribution in [2.45, 2.75) is 19.0 Å². The summed E-state index contributed by atoms with van der Waals surface area (Å²) < 4.78 is 35.3. The van der Waals surface area contributed by atoms with E-state index in [9.17, 15) is 13.2 Å². The third-order valence-electron chi connectivity index (χ3n) is 5.43. The van der Waals surface area contributed by atoms with Gasteiger partial charge in [0, 0.05) is 22.2 Å². The van der Waals surface area contributed by atoms with Gasteiger partial charge in [0.1, 0.15) is 17.3 Å². The molecular formula is C23H21Cl2NO5S. The van der Waals surface area contributed by atoms with E-state index in [2.05, 4.69) is 0 Å². The van der Waals surface area contributed by atoms with E-state index in [1.165, 1.54) is 0 Å². The zero-order chi connectivity index (χ0) is 22.9. The number of nitrogens with zero attached hydrogens (tertiary/aromatic N) is 1. The van der Waals surface area contributed by atoms with E-state index in [0.717, 1.165) is 0 Å². The number of hydrogen-bond donors (Lipinski definition) is 0. The van der Waals surface area contributed by atoms with Crippen molar-refractivity contribution < 1.29 is 22.4 Å². The lowest BCUT2D eigenvalue weighted by Gasteiger charge is -2.27. The Balaban J connectivity index is 1.63. The fraction of sp³-hybridized carbons (Fsp3) is 0.261. The predicted molar refractivity (Wildman–Crippen MR) is 124 cm³/mol. The van der Waals surface area contributed by atoms with Crippen LogP contribution in [0.15, 0.2) is 59.0 Å². The lowest BCUT2D eigenvalue weighted by Crippen LogP contribution is -2.40. The van der Waals surface area contributed by atoms with Crippen molar-refractivity contribution in [1.82, 2.24) is 4.90 Å². The van der Waals surface area contributed by atoms with Gasteiger partial charge in [-0.3, -0.25) is 4.79 Å². The molecule has 1 saturated heterocycles. The highest BCUT2D eigenvalue weighted by molar-refractivity contribution is 7.91. The van der Waals surface area contributed by atoms with Gasteiger partial charge in [0.05, 0.1) is 30.2 Å². The summed E-state index contributed by atoms with van der Waals surface area (Å²) in [7, 11) is -1.64. The Kier molecular flexibility index (Phi) is 6.51. The molecule has 2 heterocycles. The van der Waals surface area contributed by atoms with Crippen molar-refractivity contribution in [3.8, 4) is 17.1 Å². The third-order valence-corrected chi connectivity index (χ3v) is 7.74. The fourth-order valence-electron chi connectivity index (χ4n) is 3.75. The van der Waals surface area contributed by atoms with Crippen LogP contribution < -0.4 is 4.74 Å². The number of halogens is 2. The average molecular weight is 494 g/mol. The number of hydrogen-bond acceptors (Lipinski definition) is 5. The SMILES string of the molecule is COc1ccc(C(=O)N(Cc2ccc(-c3cc(Cl)ccc3Cl)o2)C2CCS(=O)(=O)C2)cc1. The van der Waals surface area contributed by atoms with E-state index >= 15 is 0 Å². The maximum atomic E-state index is 13.3. The van der Waals surface area contributed by atoms with E-state index in [1.54, 1.807) is 66.6 Å². The molecule has 32 heavy (non-hydrogen) atoms. The molecule has 0 bridgehead atoms. The van der Waals surface area contributed by atoms with Gasteiger partial charge in [0.25, 0.3) is 5.91 Å². The number of benzene rings is 2. The first kappa shape index (κ1) is 22.7. The van der Waals surface area contributed by atoms with Crippen LogP contribution >= 0.6 is 23.2 Å². The number of sulfone groups is 1. The van der Waals surface area contributed by atoms with Crippen molar-refractivity contribution >= 4 is 38.9 Å². The number of ether oxygens (including phenoxy) is 1. The topological polar surface area (TPSA) is 76.8 Å². The van der Waals surface area contributed by atoms with Crippen molar-refractivity contribution in [3.63, 3.8) is 0 Å². The molecule has 0 spiro atoms. The first-order chi connectivity index (χ1) is 15.3. The van der Waals surface area contributed by atoms with Gasteiger partial charge in [-0.15, -0.1) is 0 Å². The standard InChI is InChI=1S/C23H21Cl2NO5S/c1-30-18-5-2-15(3-6-18)23(27)26(17-10-11-32(28,29)14-17)13-19-7-9-22(31-19)20-12-16(24)4-8-21(20)25/h2-9,12,17H,10-11,13-14H2,1H3. The minimum Gasteiger partial charge on any atom is -0.497 e. The maximum Gasteiger partial charge on any atom is 0.254 e. The molecule has 1 unspecified atom stereocenters. The molecule has 1 fully saturated rings. The molecule has 3 aromatic rings. The zero-order valence-electron chi connectivity index (χ0n) is 17.3. The van der Waals surface area contributed by atoms with Gasteiger partial charge in [-0.1, -0.05) is 23.2 Å². The van der Waals surface area contributed by atoms with Crippen LogP contribution in [-0.4, -0.2) is 43.9 Å². The molecule has 1 aromatic heterocycles. The van der Waals surface area contributed by atoms with Crippen molar-refractivity contribution in [1.29, 1.82) is 0 Å². The van der Waals surface area contributed by atoms with Crippen LogP contribution in [0.5, 0.6) is 5.75 Å². The molecule has 0 radical (unpaired) electrons. The molecule has 2 aromatic carbocycles. The molecule has 1 atom stereocenters. The summed E-state index contributed by atoms with van der Waals surface area (Å²) in [5.41, 5.74) is 1.08. The number of carbonyl (C=O) groups is 1. The summed E-state index contributed by atoms with van der Waals surface area (Å²) in [6.45, 7) is 0.128. The van der Waals surface area contributed by atoms with Crippen LogP contribution in [-0.2, 0) is 16.4 Å². The van der Waals surface area contributed by atoms with Gasteiger partial charge < -0.3 is 14.1 Å². The van der Waals surface area contributed by atoms with Gasteiger partial charge in [-0.2, -0.15) is 0 Å². The number of methoxy groups -OCH3 is 1. The predicted octanol–water partition coefficient (Wildman–Crippen LogP) is 5.09. The zero-order valence-corrected chi connectivity index (χ0v) is 19.6. The molecule has 0 aliphatic carbocycles. The third kappa shape index (κ3) is 4.95. The Labute approximate surface area is 196 Å². The van der Waals surface area contributed by atoms with Crippen LogP contribution in [0.2, 0.25) is 10.0 Å². The lowest BCUT2D eigenvalue weighted by atomic mass is 10.1. The first-order valence-electron chi connectivity index (χ1n) is 9.95. The fourth-order valence-corrected chi connectivity index (χ4v) is 5.86. The Morgan fingerprint density at radius 1 is 1.12 bits per heavy atom. The van der Waals surface area contributed by atoms with Crippen molar-refractivity contribution in [2.24, 2.45) is 0 Å². The van der Waals surface area contributed by atoms with E-state index in [4.69, 9.17) is 32.4 Å². The first-order valence-corrected chi connectivity index (χ1v) is 12.5. The molecule has 4 rings (SSSR count). The number of rotatable bonds is 6. The molecule has 0 N–H and O–H groups in total. The summed E-state index contributed by atoms with van der Waals surface area (Å²) in [5, 5.41) is 1.01. The Morgan fingerprint density at radius 2 is 1.88 bits per heavy atom. The smallest absolute Gasteiger partial charge is 0.254 e. The van der Waals surface area contributed by atoms with Crippen LogP contribution in [0.25, 0.3) is 11.3 Å². The van der Waals surface area contributed by atoms with Gasteiger partial charge >= 0.3 is 0 Å². The summed E-state index contributed by atoms with van der Waals surface area (Å²) >= 11 is 12.4. The van der Waals surface area contributed by atoms with E-state index in [-0.39, 0.29) is 24.0 Å². The quantitative estimate of drug-likeness (QED) is 0.477. The van der Waals surface area contributed by atoms with E-state index in [0.29, 0.717) is 44.9 Å². The lowest BCUT2D eigenvalue weighted by molar-refractivity contribution is 0.0666. The molecule has 0 saturated carbocycles. The second-order valence-electron chi connectivity index (χ2n) is 7.61. The summed E-state index contributed by atoms with van der Waals surface area (Å²) in [6.07, 6.45) is 0.387. The summed E-state index contributed by atoms with van der Waals surface area (Å²) in [6, 6.07) is 14.9. The average Bonchev–Trinajstić information content (AvgIpc) is 3.39. The molecule has 168 valence electrons. The van der Waals surface area contributed by atoms with E-state index < -0.39 is 15.9 Å². The number of furan rings is 1. The summed E-state index contributed by atoms with van der Waals surface area (Å²) in [5.74, 6) is 1.39. The van der Waals surface area contributed by atoms with E-state index in [1.807, 2.05) is 0 Å². The Hall–Kier alpha value is -2.48. The van der Waals surface area contributed by atoms with Gasteiger partial charge in [0.15, 0.2) is 9.84 Å². The molecule has 1 aliphatic rings. The largest absolute Gasteiger partial charge is 0.497 e. The Bertz CT molecular complexity index is 1240. The highest BCUT2D eigenvalue weighted by atomic mass is 35.5. The van der Waals surface area contributed by atoms with Crippen LogP contribution in [0.3, 0.4) is 0 Å². The minimum atomic E-state index is -3.18. The van der Waals surface area contributed by atoms with Gasteiger partial charge in [0.2, 0.25) is 0 Å². The second-order valence-corrected chi connectivity index (χ2v) is 10.7. The van der Waals surface area contributed by atoms with Gasteiger partial charge in [-0.05, 0) is 61.0 Å². The highest BCUT2D eigenvalue weighted by Gasteiger charge is 2.35. The molecule has 1 aliphatic heterocycles. The minimum absolute atomic E-state index is 0.0611. The van der Waals surface area contributed by atoms with Crippen LogP contribution in [0, 0.1) is 0 Å². The van der Waals surface area contributed by atoms with Gasteiger partial charge in [-0.25, -0.2) is 8.42 Å². The molecule has 6 nitrogen and oxygen atoms in total. The normalized spacial score (nSPS) is 17.3. The summed E-state index contributed by atoms with van der Waals surface area (Å²) in [4.78, 5) is 14.9.